The number of hydrogen-bond donors (Lipinski definition) is 1. The molecule has 2 fully saturated rings. The predicted molar refractivity (Wildman–Crippen MR) is 83.6 cm³/mol. The Balaban J connectivity index is 1.65. The number of nitrogens with zero attached hydrogens (tertiary/aromatic N) is 2. The van der Waals surface area contributed by atoms with Gasteiger partial charge in [-0.25, -0.2) is 0 Å². The third-order valence-corrected chi connectivity index (χ3v) is 5.63. The van der Waals surface area contributed by atoms with Crippen LogP contribution < -0.4 is 5.32 Å². The summed E-state index contributed by atoms with van der Waals surface area (Å²) in [5.41, 5.74) is 1.64. The van der Waals surface area contributed by atoms with Crippen molar-refractivity contribution in [1.82, 2.24) is 15.1 Å². The Morgan fingerprint density at radius 1 is 1.33 bits per heavy atom. The van der Waals surface area contributed by atoms with Crippen LogP contribution in [0.4, 0.5) is 0 Å². The molecule has 1 N–H and O–H groups in total. The van der Waals surface area contributed by atoms with Crippen molar-refractivity contribution in [3.05, 3.63) is 16.4 Å². The summed E-state index contributed by atoms with van der Waals surface area (Å²) in [4.78, 5) is 12.6. The first-order chi connectivity index (χ1) is 10.1. The lowest BCUT2D eigenvalue weighted by Crippen LogP contribution is -2.52. The van der Waals surface area contributed by atoms with Gasteiger partial charge in [-0.2, -0.15) is 5.10 Å². The second kappa shape index (κ2) is 6.09. The lowest BCUT2D eigenvalue weighted by Gasteiger charge is -2.40. The fourth-order valence-corrected chi connectivity index (χ4v) is 4.14. The lowest BCUT2D eigenvalue weighted by atomic mass is 9.77. The van der Waals surface area contributed by atoms with Crippen LogP contribution in [-0.2, 0) is 18.3 Å². The second-order valence-electron chi connectivity index (χ2n) is 6.56. The summed E-state index contributed by atoms with van der Waals surface area (Å²) in [7, 11) is 1.85. The minimum atomic E-state index is -0.00405. The molecule has 3 rings (SSSR count). The molecule has 5 heteroatoms. The molecule has 1 aromatic rings. The monoisotopic (exact) mass is 309 g/mol. The van der Waals surface area contributed by atoms with Crippen molar-refractivity contribution in [2.75, 3.05) is 0 Å². The zero-order valence-corrected chi connectivity index (χ0v) is 13.6. The van der Waals surface area contributed by atoms with E-state index in [0.29, 0.717) is 17.5 Å². The molecule has 21 heavy (non-hydrogen) atoms. The van der Waals surface area contributed by atoms with Gasteiger partial charge >= 0.3 is 0 Å². The van der Waals surface area contributed by atoms with Crippen molar-refractivity contribution in [2.45, 2.75) is 64.0 Å². The molecule has 1 saturated heterocycles. The highest BCUT2D eigenvalue weighted by atomic mass is 35.5. The van der Waals surface area contributed by atoms with Crippen LogP contribution in [0.25, 0.3) is 0 Å². The van der Waals surface area contributed by atoms with Crippen LogP contribution in [0.15, 0.2) is 0 Å². The molecule has 2 heterocycles. The summed E-state index contributed by atoms with van der Waals surface area (Å²) in [6.45, 7) is 1.88. The molecule has 1 aliphatic carbocycles. The topological polar surface area (TPSA) is 46.9 Å². The second-order valence-corrected chi connectivity index (χ2v) is 6.94. The smallest absolute Gasteiger partial charge is 0.155 e. The Morgan fingerprint density at radius 2 is 2.10 bits per heavy atom. The van der Waals surface area contributed by atoms with E-state index in [2.05, 4.69) is 10.4 Å². The zero-order valence-electron chi connectivity index (χ0n) is 12.9. The Kier molecular flexibility index (Phi) is 4.36. The number of ketones is 1. The summed E-state index contributed by atoms with van der Waals surface area (Å²) in [6.07, 6.45) is 7.73. The highest BCUT2D eigenvalue weighted by molar-refractivity contribution is 6.32. The molecule has 1 aromatic heterocycles. The molecule has 4 nitrogen and oxygen atoms in total. The number of carbonyl (C=O) groups is 1. The van der Waals surface area contributed by atoms with Crippen molar-refractivity contribution in [3.8, 4) is 0 Å². The van der Waals surface area contributed by atoms with Crippen LogP contribution in [-0.4, -0.2) is 27.6 Å². The van der Waals surface area contributed by atoms with Crippen molar-refractivity contribution >= 4 is 17.4 Å². The van der Waals surface area contributed by atoms with Gasteiger partial charge in [0.25, 0.3) is 0 Å². The molecule has 1 aliphatic heterocycles. The van der Waals surface area contributed by atoms with Gasteiger partial charge in [-0.1, -0.05) is 24.4 Å². The Labute approximate surface area is 131 Å². The van der Waals surface area contributed by atoms with E-state index >= 15 is 0 Å². The fraction of sp³-hybridized carbons (Fsp3) is 0.750. The number of Topliss-reactive ketones (excluding diaryl/α,β-unsaturated/α-hetero) is 1. The van der Waals surface area contributed by atoms with Gasteiger partial charge in [0.2, 0.25) is 0 Å². The lowest BCUT2D eigenvalue weighted by molar-refractivity contribution is -0.121. The summed E-state index contributed by atoms with van der Waals surface area (Å²) < 4.78 is 1.74. The molecular formula is C16H24ClN3O. The standard InChI is InChI=1S/C16H24ClN3O/c1-10-16(17)14(20(2)19-10)9-15(21)13-8-7-11-5-3-4-6-12(11)18-13/h11-13,18H,3-9H2,1-2H3. The summed E-state index contributed by atoms with van der Waals surface area (Å²) in [6, 6.07) is 0.542. The summed E-state index contributed by atoms with van der Waals surface area (Å²) in [5.74, 6) is 1.04. The molecule has 3 atom stereocenters. The van der Waals surface area contributed by atoms with Crippen LogP contribution >= 0.6 is 11.6 Å². The predicted octanol–water partition coefficient (Wildman–Crippen LogP) is 2.80. The van der Waals surface area contributed by atoms with E-state index in [1.807, 2.05) is 14.0 Å². The maximum absolute atomic E-state index is 12.6. The minimum Gasteiger partial charge on any atom is -0.304 e. The average molecular weight is 310 g/mol. The third-order valence-electron chi connectivity index (χ3n) is 5.14. The van der Waals surface area contributed by atoms with Gasteiger partial charge in [0.05, 0.1) is 28.9 Å². The normalized spacial score (nSPS) is 29.2. The van der Waals surface area contributed by atoms with Gasteiger partial charge in [0.1, 0.15) is 0 Å². The SMILES string of the molecule is Cc1nn(C)c(CC(=O)C2CCC3CCCCC3N2)c1Cl. The van der Waals surface area contributed by atoms with Gasteiger partial charge in [-0.3, -0.25) is 9.48 Å². The highest BCUT2D eigenvalue weighted by Gasteiger charge is 2.34. The molecule has 0 radical (unpaired) electrons. The van der Waals surface area contributed by atoms with Crippen molar-refractivity contribution < 1.29 is 4.79 Å². The third kappa shape index (κ3) is 3.02. The van der Waals surface area contributed by atoms with Crippen LogP contribution in [0.3, 0.4) is 0 Å². The number of carbonyl (C=O) groups excluding carboxylic acids is 1. The van der Waals surface area contributed by atoms with E-state index in [9.17, 15) is 4.79 Å². The number of nitrogens with one attached hydrogen (secondary N) is 1. The molecule has 0 bridgehead atoms. The van der Waals surface area contributed by atoms with Gasteiger partial charge in [-0.15, -0.1) is 0 Å². The number of halogens is 1. The molecule has 0 amide bonds. The van der Waals surface area contributed by atoms with Crippen LogP contribution in [0.2, 0.25) is 5.02 Å². The number of piperidine rings is 1. The fourth-order valence-electron chi connectivity index (χ4n) is 3.91. The van der Waals surface area contributed by atoms with Crippen LogP contribution in [0.5, 0.6) is 0 Å². The maximum atomic E-state index is 12.6. The Hall–Kier alpha value is -0.870. The average Bonchev–Trinajstić information content (AvgIpc) is 2.73. The molecule has 2 aliphatic rings. The van der Waals surface area contributed by atoms with Crippen LogP contribution in [0, 0.1) is 12.8 Å². The largest absolute Gasteiger partial charge is 0.304 e. The molecule has 0 aromatic carbocycles. The Bertz CT molecular complexity index is 540. The first kappa shape index (κ1) is 15.0. The van der Waals surface area contributed by atoms with Gasteiger partial charge in [0, 0.05) is 13.1 Å². The van der Waals surface area contributed by atoms with Gasteiger partial charge in [0.15, 0.2) is 5.78 Å². The number of aromatic nitrogens is 2. The van der Waals surface area contributed by atoms with E-state index in [1.54, 1.807) is 4.68 Å². The summed E-state index contributed by atoms with van der Waals surface area (Å²) in [5, 5.41) is 8.52. The molecule has 1 saturated carbocycles. The van der Waals surface area contributed by atoms with Crippen molar-refractivity contribution in [1.29, 1.82) is 0 Å². The molecule has 0 spiro atoms. The van der Waals surface area contributed by atoms with Crippen molar-refractivity contribution in [2.24, 2.45) is 13.0 Å². The number of fused-ring (bicyclic) bond motifs is 1. The van der Waals surface area contributed by atoms with E-state index < -0.39 is 0 Å². The van der Waals surface area contributed by atoms with Crippen molar-refractivity contribution in [3.63, 3.8) is 0 Å². The molecular weight excluding hydrogens is 286 g/mol. The molecule has 116 valence electrons. The number of rotatable bonds is 3. The zero-order chi connectivity index (χ0) is 15.0. The van der Waals surface area contributed by atoms with Gasteiger partial charge < -0.3 is 5.32 Å². The number of aryl methyl sites for hydroxylation is 2. The van der Waals surface area contributed by atoms with E-state index in [1.165, 1.54) is 32.1 Å². The maximum Gasteiger partial charge on any atom is 0.155 e. The van der Waals surface area contributed by atoms with Crippen LogP contribution in [0.1, 0.15) is 49.9 Å². The Morgan fingerprint density at radius 3 is 2.81 bits per heavy atom. The summed E-state index contributed by atoms with van der Waals surface area (Å²) >= 11 is 6.25. The van der Waals surface area contributed by atoms with E-state index in [4.69, 9.17) is 11.6 Å². The molecule has 3 unspecified atom stereocenters. The van der Waals surface area contributed by atoms with E-state index in [0.717, 1.165) is 23.7 Å². The first-order valence-corrected chi connectivity index (χ1v) is 8.40. The quantitative estimate of drug-likeness (QED) is 0.934. The van der Waals surface area contributed by atoms with Gasteiger partial charge in [-0.05, 0) is 38.5 Å². The first-order valence-electron chi connectivity index (χ1n) is 8.03. The number of hydrogen-bond acceptors (Lipinski definition) is 3. The van der Waals surface area contributed by atoms with E-state index in [-0.39, 0.29) is 11.8 Å². The highest BCUT2D eigenvalue weighted by Crippen LogP contribution is 2.32. The minimum absolute atomic E-state index is 0.00405.